The van der Waals surface area contributed by atoms with E-state index in [-0.39, 0.29) is 24.0 Å². The van der Waals surface area contributed by atoms with E-state index in [4.69, 9.17) is 5.11 Å². The second-order valence-electron chi connectivity index (χ2n) is 4.66. The second kappa shape index (κ2) is 5.13. The molecular formula is C14H16O3. The number of carboxylic acids is 1. The van der Waals surface area contributed by atoms with Gasteiger partial charge in [-0.1, -0.05) is 30.3 Å². The Morgan fingerprint density at radius 2 is 2.00 bits per heavy atom. The van der Waals surface area contributed by atoms with E-state index in [1.54, 1.807) is 0 Å². The van der Waals surface area contributed by atoms with Crippen molar-refractivity contribution in [3.05, 3.63) is 35.9 Å². The molecule has 0 amide bonds. The zero-order valence-corrected chi connectivity index (χ0v) is 9.63. The topological polar surface area (TPSA) is 54.4 Å². The van der Waals surface area contributed by atoms with Crippen molar-refractivity contribution in [2.45, 2.75) is 31.6 Å². The molecule has 17 heavy (non-hydrogen) atoms. The van der Waals surface area contributed by atoms with Gasteiger partial charge in [-0.15, -0.1) is 0 Å². The number of ketones is 1. The Hall–Kier alpha value is -1.64. The molecule has 1 aromatic carbocycles. The van der Waals surface area contributed by atoms with Crippen LogP contribution in [0.3, 0.4) is 0 Å². The molecule has 0 aromatic heterocycles. The van der Waals surface area contributed by atoms with Crippen molar-refractivity contribution in [2.24, 2.45) is 5.92 Å². The third kappa shape index (κ3) is 2.93. The van der Waals surface area contributed by atoms with Crippen LogP contribution in [0.4, 0.5) is 0 Å². The van der Waals surface area contributed by atoms with Crippen LogP contribution < -0.4 is 0 Å². The van der Waals surface area contributed by atoms with Crippen LogP contribution >= 0.6 is 0 Å². The predicted octanol–water partition coefficient (Wildman–Crippen LogP) is 2.61. The van der Waals surface area contributed by atoms with Gasteiger partial charge in [0, 0.05) is 19.3 Å². The maximum absolute atomic E-state index is 11.5. The first kappa shape index (κ1) is 11.8. The van der Waals surface area contributed by atoms with E-state index in [2.05, 4.69) is 0 Å². The number of rotatable bonds is 3. The Kier molecular flexibility index (Phi) is 3.57. The average Bonchev–Trinajstić information content (AvgIpc) is 2.32. The molecule has 3 nitrogen and oxygen atoms in total. The Morgan fingerprint density at radius 3 is 2.65 bits per heavy atom. The van der Waals surface area contributed by atoms with Crippen LogP contribution in [0.15, 0.2) is 30.3 Å². The van der Waals surface area contributed by atoms with Crippen LogP contribution in [-0.2, 0) is 9.59 Å². The molecule has 0 saturated heterocycles. The normalized spacial score (nSPS) is 24.6. The molecule has 1 aromatic rings. The predicted molar refractivity (Wildman–Crippen MR) is 63.8 cm³/mol. The molecule has 1 saturated carbocycles. The minimum absolute atomic E-state index is 0.0774. The van der Waals surface area contributed by atoms with Gasteiger partial charge in [0.1, 0.15) is 5.78 Å². The summed E-state index contributed by atoms with van der Waals surface area (Å²) in [5.74, 6) is -0.355. The van der Waals surface area contributed by atoms with Gasteiger partial charge in [-0.05, 0) is 23.8 Å². The largest absolute Gasteiger partial charge is 0.481 e. The van der Waals surface area contributed by atoms with E-state index < -0.39 is 5.97 Å². The van der Waals surface area contributed by atoms with Crippen molar-refractivity contribution in [2.75, 3.05) is 0 Å². The maximum atomic E-state index is 11.5. The molecule has 3 heteroatoms. The molecule has 1 fully saturated rings. The van der Waals surface area contributed by atoms with Crippen molar-refractivity contribution >= 4 is 11.8 Å². The van der Waals surface area contributed by atoms with Crippen molar-refractivity contribution in [3.63, 3.8) is 0 Å². The molecular weight excluding hydrogens is 216 g/mol. The summed E-state index contributed by atoms with van der Waals surface area (Å²) in [5.41, 5.74) is 1.09. The highest BCUT2D eigenvalue weighted by molar-refractivity contribution is 5.80. The van der Waals surface area contributed by atoms with Gasteiger partial charge in [-0.2, -0.15) is 0 Å². The van der Waals surface area contributed by atoms with E-state index in [1.165, 1.54) is 0 Å². The molecule has 90 valence electrons. The van der Waals surface area contributed by atoms with Gasteiger partial charge in [-0.25, -0.2) is 0 Å². The van der Waals surface area contributed by atoms with E-state index >= 15 is 0 Å². The van der Waals surface area contributed by atoms with Gasteiger partial charge in [0.25, 0.3) is 0 Å². The number of hydrogen-bond acceptors (Lipinski definition) is 2. The first-order valence-corrected chi connectivity index (χ1v) is 5.95. The Morgan fingerprint density at radius 1 is 1.29 bits per heavy atom. The van der Waals surface area contributed by atoms with Crippen molar-refractivity contribution in [1.29, 1.82) is 0 Å². The zero-order valence-electron chi connectivity index (χ0n) is 9.63. The van der Waals surface area contributed by atoms with Crippen molar-refractivity contribution in [3.8, 4) is 0 Å². The van der Waals surface area contributed by atoms with Crippen LogP contribution in [0, 0.1) is 5.92 Å². The molecule has 0 heterocycles. The Labute approximate surface area is 100 Å². The first-order valence-electron chi connectivity index (χ1n) is 5.95. The molecule has 0 aliphatic heterocycles. The lowest BCUT2D eigenvalue weighted by molar-refractivity contribution is -0.139. The first-order chi connectivity index (χ1) is 8.16. The van der Waals surface area contributed by atoms with Gasteiger partial charge in [-0.3, -0.25) is 9.59 Å². The number of carbonyl (C=O) groups excluding carboxylic acids is 1. The zero-order chi connectivity index (χ0) is 12.3. The minimum atomic E-state index is -0.773. The van der Waals surface area contributed by atoms with Gasteiger partial charge in [0.15, 0.2) is 0 Å². The average molecular weight is 232 g/mol. The number of carbonyl (C=O) groups is 2. The van der Waals surface area contributed by atoms with E-state index in [0.717, 1.165) is 5.56 Å². The number of aliphatic carboxylic acids is 1. The van der Waals surface area contributed by atoms with E-state index in [1.807, 2.05) is 30.3 Å². The quantitative estimate of drug-likeness (QED) is 0.871. The number of carboxylic acid groups (broad SMARTS) is 1. The highest BCUT2D eigenvalue weighted by Crippen LogP contribution is 2.38. The van der Waals surface area contributed by atoms with Crippen LogP contribution in [0.2, 0.25) is 0 Å². The summed E-state index contributed by atoms with van der Waals surface area (Å²) in [7, 11) is 0. The van der Waals surface area contributed by atoms with Crippen LogP contribution in [0.25, 0.3) is 0 Å². The minimum Gasteiger partial charge on any atom is -0.481 e. The molecule has 1 N–H and O–H groups in total. The van der Waals surface area contributed by atoms with Crippen LogP contribution in [0.5, 0.6) is 0 Å². The van der Waals surface area contributed by atoms with Crippen molar-refractivity contribution < 1.29 is 14.7 Å². The molecule has 1 aliphatic rings. The Bertz CT molecular complexity index is 411. The summed E-state index contributed by atoms with van der Waals surface area (Å²) in [6, 6.07) is 9.77. The van der Waals surface area contributed by atoms with Gasteiger partial charge in [0.05, 0.1) is 0 Å². The van der Waals surface area contributed by atoms with Gasteiger partial charge < -0.3 is 5.11 Å². The van der Waals surface area contributed by atoms with Crippen molar-refractivity contribution in [1.82, 2.24) is 0 Å². The summed E-state index contributed by atoms with van der Waals surface area (Å²) in [4.78, 5) is 22.4. The monoisotopic (exact) mass is 232 g/mol. The highest BCUT2D eigenvalue weighted by atomic mass is 16.4. The summed E-state index contributed by atoms with van der Waals surface area (Å²) < 4.78 is 0. The molecule has 2 atom stereocenters. The van der Waals surface area contributed by atoms with Crippen LogP contribution in [-0.4, -0.2) is 16.9 Å². The highest BCUT2D eigenvalue weighted by Gasteiger charge is 2.31. The SMILES string of the molecule is O=C(O)C[C@@H]1CCC(=O)C[C@@H]1c1ccccc1. The van der Waals surface area contributed by atoms with Gasteiger partial charge >= 0.3 is 5.97 Å². The molecule has 0 unspecified atom stereocenters. The fourth-order valence-electron chi connectivity index (χ4n) is 2.62. The standard InChI is InChI=1S/C14H16O3/c15-12-7-6-11(8-14(16)17)13(9-12)10-4-2-1-3-5-10/h1-5,11,13H,6-9H2,(H,16,17)/t11-,13+/m0/s1. The molecule has 2 rings (SSSR count). The molecule has 0 spiro atoms. The lowest BCUT2D eigenvalue weighted by Gasteiger charge is -2.30. The van der Waals surface area contributed by atoms with E-state index in [0.29, 0.717) is 19.3 Å². The summed E-state index contributed by atoms with van der Waals surface area (Å²) in [6.45, 7) is 0. The molecule has 0 radical (unpaired) electrons. The Balaban J connectivity index is 2.19. The fourth-order valence-corrected chi connectivity index (χ4v) is 2.62. The second-order valence-corrected chi connectivity index (χ2v) is 4.66. The number of Topliss-reactive ketones (excluding diaryl/α,β-unsaturated/α-hetero) is 1. The lowest BCUT2D eigenvalue weighted by Crippen LogP contribution is -2.25. The summed E-state index contributed by atoms with van der Waals surface area (Å²) >= 11 is 0. The van der Waals surface area contributed by atoms with E-state index in [9.17, 15) is 9.59 Å². The number of hydrogen-bond donors (Lipinski definition) is 1. The lowest BCUT2D eigenvalue weighted by atomic mass is 9.73. The third-order valence-corrected chi connectivity index (χ3v) is 3.48. The third-order valence-electron chi connectivity index (χ3n) is 3.48. The smallest absolute Gasteiger partial charge is 0.303 e. The number of benzene rings is 1. The maximum Gasteiger partial charge on any atom is 0.303 e. The molecule has 1 aliphatic carbocycles. The summed E-state index contributed by atoms with van der Waals surface area (Å²) in [6.07, 6.45) is 1.88. The van der Waals surface area contributed by atoms with Gasteiger partial charge in [0.2, 0.25) is 0 Å². The van der Waals surface area contributed by atoms with Crippen LogP contribution in [0.1, 0.15) is 37.2 Å². The summed E-state index contributed by atoms with van der Waals surface area (Å²) in [5, 5.41) is 8.91. The fraction of sp³-hybridized carbons (Fsp3) is 0.429. The molecule has 0 bridgehead atoms.